The first-order valence-electron chi connectivity index (χ1n) is 6.37. The minimum Gasteiger partial charge on any atom is -0.330 e. The monoisotopic (exact) mass is 259 g/mol. The maximum absolute atomic E-state index is 13.0. The summed E-state index contributed by atoms with van der Waals surface area (Å²) in [6.07, 6.45) is 2.09. The van der Waals surface area contributed by atoms with E-state index in [-0.39, 0.29) is 5.82 Å². The van der Waals surface area contributed by atoms with Crippen LogP contribution in [0.5, 0.6) is 0 Å². The topological polar surface area (TPSA) is 42.1 Å². The first-order valence-corrected chi connectivity index (χ1v) is 6.37. The normalized spacial score (nSPS) is 10.5. The van der Waals surface area contributed by atoms with E-state index < -0.39 is 0 Å². The molecule has 1 aromatic heterocycles. The average Bonchev–Trinajstić information content (AvgIpc) is 2.43. The Balaban J connectivity index is 2.35. The van der Waals surface area contributed by atoms with E-state index in [1.807, 2.05) is 31.2 Å². The Hall–Kier alpha value is -1.94. The van der Waals surface area contributed by atoms with Gasteiger partial charge < -0.3 is 10.6 Å². The van der Waals surface area contributed by atoms with Crippen molar-refractivity contribution in [2.45, 2.75) is 13.3 Å². The van der Waals surface area contributed by atoms with Crippen LogP contribution in [0.1, 0.15) is 12.0 Å². The maximum atomic E-state index is 13.0. The zero-order valence-corrected chi connectivity index (χ0v) is 11.0. The van der Waals surface area contributed by atoms with Crippen molar-refractivity contribution in [3.05, 3.63) is 54.0 Å². The quantitative estimate of drug-likeness (QED) is 0.897. The highest BCUT2D eigenvalue weighted by Gasteiger charge is 2.12. The van der Waals surface area contributed by atoms with Gasteiger partial charge in [-0.25, -0.2) is 9.37 Å². The molecule has 0 unspecified atom stereocenters. The van der Waals surface area contributed by atoms with Crippen molar-refractivity contribution in [3.8, 4) is 0 Å². The lowest BCUT2D eigenvalue weighted by Crippen LogP contribution is -2.22. The van der Waals surface area contributed by atoms with Crippen LogP contribution in [0, 0.1) is 12.7 Å². The van der Waals surface area contributed by atoms with Gasteiger partial charge in [0.2, 0.25) is 0 Å². The Morgan fingerprint density at radius 2 is 2.00 bits per heavy atom. The number of halogens is 1. The lowest BCUT2D eigenvalue weighted by atomic mass is 10.1. The van der Waals surface area contributed by atoms with E-state index in [0.717, 1.165) is 30.0 Å². The molecule has 3 nitrogen and oxygen atoms in total. The van der Waals surface area contributed by atoms with Crippen molar-refractivity contribution in [3.63, 3.8) is 0 Å². The van der Waals surface area contributed by atoms with Crippen molar-refractivity contribution >= 4 is 11.5 Å². The van der Waals surface area contributed by atoms with Gasteiger partial charge >= 0.3 is 0 Å². The average molecular weight is 259 g/mol. The number of anilines is 2. The summed E-state index contributed by atoms with van der Waals surface area (Å²) in [6, 6.07) is 11.2. The summed E-state index contributed by atoms with van der Waals surface area (Å²) >= 11 is 0. The molecule has 2 rings (SSSR count). The first-order chi connectivity index (χ1) is 9.22. The Labute approximate surface area is 112 Å². The lowest BCUT2D eigenvalue weighted by molar-refractivity contribution is 0.621. The Morgan fingerprint density at radius 1 is 1.21 bits per heavy atom. The lowest BCUT2D eigenvalue weighted by Gasteiger charge is -2.25. The molecule has 0 aliphatic rings. The van der Waals surface area contributed by atoms with Gasteiger partial charge in [-0.15, -0.1) is 0 Å². The van der Waals surface area contributed by atoms with Gasteiger partial charge in [0, 0.05) is 12.2 Å². The van der Waals surface area contributed by atoms with Gasteiger partial charge in [0.25, 0.3) is 0 Å². The second-order valence-electron chi connectivity index (χ2n) is 4.41. The van der Waals surface area contributed by atoms with Crippen LogP contribution in [0.25, 0.3) is 0 Å². The third-order valence-electron chi connectivity index (χ3n) is 2.98. The van der Waals surface area contributed by atoms with Gasteiger partial charge in [0.05, 0.1) is 6.20 Å². The highest BCUT2D eigenvalue weighted by atomic mass is 19.1. The molecular formula is C15H18FN3. The summed E-state index contributed by atoms with van der Waals surface area (Å²) in [4.78, 5) is 6.23. The second-order valence-corrected chi connectivity index (χ2v) is 4.41. The van der Waals surface area contributed by atoms with Crippen molar-refractivity contribution < 1.29 is 4.39 Å². The van der Waals surface area contributed by atoms with Crippen molar-refractivity contribution in [1.29, 1.82) is 0 Å². The molecule has 1 heterocycles. The molecule has 4 heteroatoms. The zero-order chi connectivity index (χ0) is 13.7. The maximum Gasteiger partial charge on any atom is 0.141 e. The molecule has 0 radical (unpaired) electrons. The van der Waals surface area contributed by atoms with Crippen LogP contribution in [-0.2, 0) is 0 Å². The zero-order valence-electron chi connectivity index (χ0n) is 11.0. The van der Waals surface area contributed by atoms with Gasteiger partial charge in [-0.3, -0.25) is 0 Å². The molecule has 100 valence electrons. The van der Waals surface area contributed by atoms with Gasteiger partial charge in [-0.1, -0.05) is 18.2 Å². The van der Waals surface area contributed by atoms with Crippen LogP contribution >= 0.6 is 0 Å². The number of pyridine rings is 1. The number of hydrogen-bond acceptors (Lipinski definition) is 3. The first kappa shape index (κ1) is 13.5. The van der Waals surface area contributed by atoms with Crippen LogP contribution in [0.3, 0.4) is 0 Å². The van der Waals surface area contributed by atoms with Crippen LogP contribution in [-0.4, -0.2) is 18.1 Å². The molecule has 19 heavy (non-hydrogen) atoms. The van der Waals surface area contributed by atoms with Gasteiger partial charge in [0.15, 0.2) is 0 Å². The number of nitrogens with two attached hydrogens (primary N) is 1. The van der Waals surface area contributed by atoms with E-state index in [9.17, 15) is 4.39 Å². The molecular weight excluding hydrogens is 241 g/mol. The molecule has 0 aliphatic carbocycles. The fourth-order valence-electron chi connectivity index (χ4n) is 2.00. The SMILES string of the molecule is Cc1ccccc1N(CCCN)c1ccc(F)cn1. The molecule has 2 aromatic rings. The highest BCUT2D eigenvalue weighted by Crippen LogP contribution is 2.26. The molecule has 0 saturated heterocycles. The summed E-state index contributed by atoms with van der Waals surface area (Å²) in [5.41, 5.74) is 7.82. The number of aromatic nitrogens is 1. The molecule has 0 bridgehead atoms. The van der Waals surface area contributed by atoms with Crippen molar-refractivity contribution in [1.82, 2.24) is 4.98 Å². The number of aryl methyl sites for hydroxylation is 1. The molecule has 2 N–H and O–H groups in total. The molecule has 0 fully saturated rings. The van der Waals surface area contributed by atoms with Crippen molar-refractivity contribution in [2.75, 3.05) is 18.0 Å². The van der Waals surface area contributed by atoms with Crippen LogP contribution < -0.4 is 10.6 Å². The van der Waals surface area contributed by atoms with E-state index >= 15 is 0 Å². The Bertz CT molecular complexity index is 525. The number of hydrogen-bond donors (Lipinski definition) is 1. The summed E-state index contributed by atoms with van der Waals surface area (Å²) in [6.45, 7) is 3.43. The number of para-hydroxylation sites is 1. The smallest absolute Gasteiger partial charge is 0.141 e. The highest BCUT2D eigenvalue weighted by molar-refractivity contribution is 5.63. The molecule has 1 aromatic carbocycles. The third kappa shape index (κ3) is 3.29. The van der Waals surface area contributed by atoms with Crippen LogP contribution in [0.2, 0.25) is 0 Å². The van der Waals surface area contributed by atoms with Crippen LogP contribution in [0.4, 0.5) is 15.9 Å². The summed E-state index contributed by atoms with van der Waals surface area (Å²) in [5, 5.41) is 0. The standard InChI is InChI=1S/C15H18FN3/c1-12-5-2-3-6-14(12)19(10-4-9-17)15-8-7-13(16)11-18-15/h2-3,5-8,11H,4,9-10,17H2,1H3. The predicted octanol–water partition coefficient (Wildman–Crippen LogP) is 3.02. The summed E-state index contributed by atoms with van der Waals surface area (Å²) in [7, 11) is 0. The Morgan fingerprint density at radius 3 is 2.63 bits per heavy atom. The number of nitrogens with zero attached hydrogens (tertiary/aromatic N) is 2. The summed E-state index contributed by atoms with van der Waals surface area (Å²) < 4.78 is 13.0. The van der Waals surface area contributed by atoms with Gasteiger partial charge in [-0.05, 0) is 43.7 Å². The third-order valence-corrected chi connectivity index (χ3v) is 2.98. The fourth-order valence-corrected chi connectivity index (χ4v) is 2.00. The largest absolute Gasteiger partial charge is 0.330 e. The fraction of sp³-hybridized carbons (Fsp3) is 0.267. The second kappa shape index (κ2) is 6.29. The van der Waals surface area contributed by atoms with Gasteiger partial charge in [0.1, 0.15) is 11.6 Å². The molecule has 0 saturated carbocycles. The Kier molecular flexibility index (Phi) is 4.47. The molecule has 0 aliphatic heterocycles. The van der Waals surface area contributed by atoms with E-state index in [0.29, 0.717) is 6.54 Å². The molecule has 0 spiro atoms. The van der Waals surface area contributed by atoms with E-state index in [2.05, 4.69) is 9.88 Å². The number of benzene rings is 1. The number of rotatable bonds is 5. The summed E-state index contributed by atoms with van der Waals surface area (Å²) in [5.74, 6) is 0.413. The van der Waals surface area contributed by atoms with E-state index in [4.69, 9.17) is 5.73 Å². The minimum atomic E-state index is -0.327. The molecule has 0 atom stereocenters. The predicted molar refractivity (Wildman–Crippen MR) is 76.1 cm³/mol. The van der Waals surface area contributed by atoms with Crippen molar-refractivity contribution in [2.24, 2.45) is 5.73 Å². The van der Waals surface area contributed by atoms with E-state index in [1.54, 1.807) is 6.07 Å². The minimum absolute atomic E-state index is 0.327. The van der Waals surface area contributed by atoms with Crippen LogP contribution in [0.15, 0.2) is 42.6 Å². The molecule has 0 amide bonds. The van der Waals surface area contributed by atoms with E-state index in [1.165, 1.54) is 12.3 Å². The van der Waals surface area contributed by atoms with Gasteiger partial charge in [-0.2, -0.15) is 0 Å².